The first-order chi connectivity index (χ1) is 10.7. The quantitative estimate of drug-likeness (QED) is 0.608. The van der Waals surface area contributed by atoms with Crippen molar-refractivity contribution in [1.82, 2.24) is 0 Å². The van der Waals surface area contributed by atoms with Crippen molar-refractivity contribution in [2.75, 3.05) is 11.7 Å². The van der Waals surface area contributed by atoms with Gasteiger partial charge in [-0.05, 0) is 17.0 Å². The van der Waals surface area contributed by atoms with Gasteiger partial charge in [-0.15, -0.1) is 0 Å². The summed E-state index contributed by atoms with van der Waals surface area (Å²) in [6.45, 7) is 13.3. The fraction of sp³-hybridized carbons (Fsp3) is 0.556. The molecule has 0 unspecified atom stereocenters. The van der Waals surface area contributed by atoms with Crippen molar-refractivity contribution < 1.29 is 9.63 Å². The van der Waals surface area contributed by atoms with Crippen LogP contribution in [-0.2, 0) is 16.1 Å². The maximum absolute atomic E-state index is 13.2. The summed E-state index contributed by atoms with van der Waals surface area (Å²) >= 11 is 0. The second-order valence-corrected chi connectivity index (χ2v) is 12.7. The minimum Gasteiger partial charge on any atom is -0.398 e. The Bertz CT molecular complexity index is 645. The fourth-order valence-corrected chi connectivity index (χ4v) is 5.00. The molecule has 0 aromatic heterocycles. The number of fused-ring (bicyclic) bond motifs is 1. The lowest BCUT2D eigenvalue weighted by atomic mass is 10.0. The van der Waals surface area contributed by atoms with Gasteiger partial charge >= 0.3 is 0 Å². The predicted octanol–water partition coefficient (Wildman–Crippen LogP) is 4.34. The molecule has 0 fully saturated rings. The van der Waals surface area contributed by atoms with Crippen LogP contribution < -0.4 is 4.57 Å². The van der Waals surface area contributed by atoms with E-state index in [4.69, 9.17) is 4.84 Å². The maximum Gasteiger partial charge on any atom is 0.273 e. The molecule has 0 spiro atoms. The van der Waals surface area contributed by atoms with Crippen LogP contribution in [0.5, 0.6) is 0 Å². The highest BCUT2D eigenvalue weighted by atomic mass is 28.3. The molecule has 23 heavy (non-hydrogen) atoms. The van der Waals surface area contributed by atoms with Crippen LogP contribution in [0.4, 0.5) is 5.69 Å². The van der Waals surface area contributed by atoms with Gasteiger partial charge in [0.2, 0.25) is 0 Å². The van der Waals surface area contributed by atoms with E-state index < -0.39 is 8.24 Å². The second kappa shape index (κ2) is 6.11. The van der Waals surface area contributed by atoms with Crippen LogP contribution in [0.15, 0.2) is 23.4 Å². The number of hydrogen-bond donors (Lipinski definition) is 0. The monoisotopic (exact) mass is 332 g/mol. The van der Waals surface area contributed by atoms with Crippen LogP contribution in [-0.4, -0.2) is 27.0 Å². The summed E-state index contributed by atoms with van der Waals surface area (Å²) in [6, 6.07) is 6.13. The lowest BCUT2D eigenvalue weighted by Gasteiger charge is -2.44. The predicted molar refractivity (Wildman–Crippen MR) is 98.7 cm³/mol. The summed E-state index contributed by atoms with van der Waals surface area (Å²) in [5.74, 6) is -0.0167. The molecule has 0 saturated carbocycles. The van der Waals surface area contributed by atoms with Crippen molar-refractivity contribution in [1.29, 1.82) is 0 Å². The summed E-state index contributed by atoms with van der Waals surface area (Å²) in [6.07, 6.45) is 2.01. The van der Waals surface area contributed by atoms with E-state index in [9.17, 15) is 4.79 Å². The average Bonchev–Trinajstić information content (AvgIpc) is 2.73. The zero-order chi connectivity index (χ0) is 17.4. The van der Waals surface area contributed by atoms with Gasteiger partial charge < -0.3 is 9.40 Å². The Hall–Kier alpha value is -1.62. The number of nitrogens with zero attached hydrogens (tertiary/aromatic N) is 2. The van der Waals surface area contributed by atoms with E-state index in [2.05, 4.69) is 56.6 Å². The van der Waals surface area contributed by atoms with Crippen LogP contribution in [0, 0.1) is 0 Å². The standard InChI is InChI=1S/C18H28N2O2Si/c1-8-10-13-11-9-12-14-15(19-22-5)17(21)20(16(13)14)23(6,7)18(2,3)4/h9,11-12H,8,10H2,1-7H3/b19-15+. The molecule has 1 aromatic rings. The number of benzene rings is 1. The van der Waals surface area contributed by atoms with Crippen LogP contribution in [0.3, 0.4) is 0 Å². The topological polar surface area (TPSA) is 41.9 Å². The molecule has 1 aromatic carbocycles. The zero-order valence-corrected chi connectivity index (χ0v) is 16.4. The van der Waals surface area contributed by atoms with E-state index in [1.807, 2.05) is 12.1 Å². The van der Waals surface area contributed by atoms with Crippen molar-refractivity contribution in [2.45, 2.75) is 58.7 Å². The van der Waals surface area contributed by atoms with Gasteiger partial charge in [-0.25, -0.2) is 0 Å². The maximum atomic E-state index is 13.2. The number of carbonyl (C=O) groups is 1. The molecular weight excluding hydrogens is 304 g/mol. The highest BCUT2D eigenvalue weighted by Gasteiger charge is 2.50. The van der Waals surface area contributed by atoms with Crippen molar-refractivity contribution >= 4 is 25.5 Å². The molecule has 4 nitrogen and oxygen atoms in total. The first kappa shape index (κ1) is 17.7. The van der Waals surface area contributed by atoms with Gasteiger partial charge in [-0.3, -0.25) is 4.79 Å². The van der Waals surface area contributed by atoms with E-state index in [1.165, 1.54) is 12.7 Å². The summed E-state index contributed by atoms with van der Waals surface area (Å²) in [4.78, 5) is 18.1. The van der Waals surface area contributed by atoms with Gasteiger partial charge in [-0.1, -0.05) is 70.6 Å². The van der Waals surface area contributed by atoms with Crippen molar-refractivity contribution in [3.63, 3.8) is 0 Å². The summed E-state index contributed by atoms with van der Waals surface area (Å²) in [7, 11) is -0.579. The van der Waals surface area contributed by atoms with E-state index in [1.54, 1.807) is 0 Å². The van der Waals surface area contributed by atoms with Crippen molar-refractivity contribution in [3.05, 3.63) is 29.3 Å². The molecular formula is C18H28N2O2Si. The number of rotatable bonds is 4. The normalized spacial score (nSPS) is 16.9. The van der Waals surface area contributed by atoms with Crippen LogP contribution in [0.2, 0.25) is 18.1 Å². The Labute approximate surface area is 140 Å². The van der Waals surface area contributed by atoms with Crippen LogP contribution in [0.25, 0.3) is 0 Å². The van der Waals surface area contributed by atoms with Gasteiger partial charge in [0.25, 0.3) is 5.91 Å². The molecule has 0 radical (unpaired) electrons. The number of para-hydroxylation sites is 1. The minimum absolute atomic E-state index is 0.0167. The van der Waals surface area contributed by atoms with E-state index in [-0.39, 0.29) is 10.9 Å². The third-order valence-electron chi connectivity index (χ3n) is 5.10. The fourth-order valence-electron chi connectivity index (χ4n) is 2.89. The molecule has 2 rings (SSSR count). The first-order valence-corrected chi connectivity index (χ1v) is 11.2. The molecule has 0 saturated heterocycles. The van der Waals surface area contributed by atoms with Crippen LogP contribution >= 0.6 is 0 Å². The SMILES string of the molecule is CCCc1cccc2c1N([Si](C)(C)C(C)(C)C)C(=O)/C2=N/OC. The number of anilines is 1. The molecule has 1 amide bonds. The number of aryl methyl sites for hydroxylation is 1. The van der Waals surface area contributed by atoms with E-state index >= 15 is 0 Å². The van der Waals surface area contributed by atoms with Gasteiger partial charge in [0, 0.05) is 11.3 Å². The Morgan fingerprint density at radius 3 is 2.43 bits per heavy atom. The van der Waals surface area contributed by atoms with Gasteiger partial charge in [-0.2, -0.15) is 0 Å². The molecule has 0 atom stereocenters. The minimum atomic E-state index is -2.07. The van der Waals surface area contributed by atoms with E-state index in [0.29, 0.717) is 5.71 Å². The third kappa shape index (κ3) is 2.82. The molecule has 0 N–H and O–H groups in total. The highest BCUT2D eigenvalue weighted by molar-refractivity contribution is 6.90. The first-order valence-electron chi connectivity index (χ1n) is 8.24. The van der Waals surface area contributed by atoms with Crippen molar-refractivity contribution in [2.24, 2.45) is 5.16 Å². The third-order valence-corrected chi connectivity index (χ3v) is 10.3. The Kier molecular flexibility index (Phi) is 4.71. The highest BCUT2D eigenvalue weighted by Crippen LogP contribution is 2.45. The van der Waals surface area contributed by atoms with Gasteiger partial charge in [0.05, 0.1) is 0 Å². The molecule has 5 heteroatoms. The summed E-state index contributed by atoms with van der Waals surface area (Å²) in [5.41, 5.74) is 3.63. The average molecular weight is 333 g/mol. The van der Waals surface area contributed by atoms with Gasteiger partial charge in [0.1, 0.15) is 7.11 Å². The largest absolute Gasteiger partial charge is 0.398 e. The molecule has 1 aliphatic rings. The van der Waals surface area contributed by atoms with Crippen LogP contribution in [0.1, 0.15) is 45.2 Å². The number of amides is 1. The molecule has 0 aliphatic carbocycles. The van der Waals surface area contributed by atoms with Gasteiger partial charge in [0.15, 0.2) is 13.9 Å². The Balaban J connectivity index is 2.73. The number of carbonyl (C=O) groups excluding carboxylic acids is 1. The molecule has 1 heterocycles. The Morgan fingerprint density at radius 1 is 1.26 bits per heavy atom. The zero-order valence-electron chi connectivity index (χ0n) is 15.4. The molecule has 0 bridgehead atoms. The lowest BCUT2D eigenvalue weighted by Crippen LogP contribution is -2.57. The van der Waals surface area contributed by atoms with E-state index in [0.717, 1.165) is 24.1 Å². The number of oxime groups is 1. The number of hydrogen-bond acceptors (Lipinski definition) is 3. The Morgan fingerprint density at radius 2 is 1.91 bits per heavy atom. The van der Waals surface area contributed by atoms with Crippen molar-refractivity contribution in [3.8, 4) is 0 Å². The molecule has 1 aliphatic heterocycles. The second-order valence-electron chi connectivity index (χ2n) is 7.64. The summed E-state index contributed by atoms with van der Waals surface area (Å²) in [5, 5.41) is 4.10. The lowest BCUT2D eigenvalue weighted by molar-refractivity contribution is -0.111. The smallest absolute Gasteiger partial charge is 0.273 e. The summed E-state index contributed by atoms with van der Waals surface area (Å²) < 4.78 is 2.06. The molecule has 126 valence electrons.